The SMILES string of the molecule is CCC(C)c1ccc(C(CC)NS(=O)(=O)c2c(C)nn(C)c2C)cc1. The van der Waals surface area contributed by atoms with E-state index in [9.17, 15) is 8.42 Å². The molecule has 0 aliphatic heterocycles. The molecule has 2 rings (SSSR count). The summed E-state index contributed by atoms with van der Waals surface area (Å²) >= 11 is 0. The van der Waals surface area contributed by atoms with Crippen molar-refractivity contribution in [3.05, 3.63) is 46.8 Å². The molecule has 2 atom stereocenters. The fourth-order valence-electron chi connectivity index (χ4n) is 3.07. The molecule has 0 saturated heterocycles. The predicted octanol–water partition coefficient (Wildman–Crippen LogP) is 3.98. The van der Waals surface area contributed by atoms with E-state index in [0.717, 1.165) is 12.0 Å². The Balaban J connectivity index is 2.29. The van der Waals surface area contributed by atoms with Crippen LogP contribution in [0.1, 0.15) is 68.1 Å². The molecule has 6 heteroatoms. The molecule has 1 aromatic heterocycles. The van der Waals surface area contributed by atoms with Crippen molar-refractivity contribution >= 4 is 10.0 Å². The van der Waals surface area contributed by atoms with Gasteiger partial charge in [0.15, 0.2) is 0 Å². The molecule has 0 radical (unpaired) electrons. The first-order valence-electron chi connectivity index (χ1n) is 8.83. The van der Waals surface area contributed by atoms with Gasteiger partial charge in [-0.1, -0.05) is 45.0 Å². The Morgan fingerprint density at radius 3 is 2.08 bits per heavy atom. The minimum Gasteiger partial charge on any atom is -0.271 e. The zero-order valence-electron chi connectivity index (χ0n) is 16.0. The van der Waals surface area contributed by atoms with Gasteiger partial charge in [0.2, 0.25) is 10.0 Å². The van der Waals surface area contributed by atoms with E-state index < -0.39 is 10.0 Å². The van der Waals surface area contributed by atoms with Gasteiger partial charge in [-0.3, -0.25) is 4.68 Å². The lowest BCUT2D eigenvalue weighted by Crippen LogP contribution is -2.29. The number of nitrogens with zero attached hydrogens (tertiary/aromatic N) is 2. The van der Waals surface area contributed by atoms with Crippen LogP contribution < -0.4 is 4.72 Å². The molecule has 0 aliphatic rings. The van der Waals surface area contributed by atoms with Crippen LogP contribution in [0.15, 0.2) is 29.2 Å². The van der Waals surface area contributed by atoms with Crippen LogP contribution in [0.25, 0.3) is 0 Å². The second kappa shape index (κ2) is 7.70. The van der Waals surface area contributed by atoms with Gasteiger partial charge in [-0.25, -0.2) is 13.1 Å². The third-order valence-corrected chi connectivity index (χ3v) is 6.66. The van der Waals surface area contributed by atoms with Gasteiger partial charge in [-0.15, -0.1) is 0 Å². The molecule has 5 nitrogen and oxygen atoms in total. The normalized spacial score (nSPS) is 14.5. The Kier molecular flexibility index (Phi) is 6.06. The van der Waals surface area contributed by atoms with Gasteiger partial charge in [-0.2, -0.15) is 5.10 Å². The maximum atomic E-state index is 12.9. The van der Waals surface area contributed by atoms with E-state index in [2.05, 4.69) is 35.8 Å². The average Bonchev–Trinajstić information content (AvgIpc) is 2.85. The van der Waals surface area contributed by atoms with Gasteiger partial charge in [0.05, 0.1) is 11.4 Å². The van der Waals surface area contributed by atoms with E-state index in [1.807, 2.05) is 19.1 Å². The quantitative estimate of drug-likeness (QED) is 0.809. The van der Waals surface area contributed by atoms with E-state index in [1.165, 1.54) is 5.56 Å². The summed E-state index contributed by atoms with van der Waals surface area (Å²) < 4.78 is 30.2. The molecule has 25 heavy (non-hydrogen) atoms. The minimum absolute atomic E-state index is 0.255. The second-order valence-corrected chi connectivity index (χ2v) is 8.33. The molecular formula is C19H29N3O2S. The number of aromatic nitrogens is 2. The molecule has 0 bridgehead atoms. The summed E-state index contributed by atoms with van der Waals surface area (Å²) in [4.78, 5) is 0.282. The number of hydrogen-bond donors (Lipinski definition) is 1. The van der Waals surface area contributed by atoms with Crippen LogP contribution in [0.2, 0.25) is 0 Å². The van der Waals surface area contributed by atoms with Crippen molar-refractivity contribution in [2.45, 2.75) is 64.3 Å². The fourth-order valence-corrected chi connectivity index (χ4v) is 4.81. The van der Waals surface area contributed by atoms with E-state index in [4.69, 9.17) is 0 Å². The van der Waals surface area contributed by atoms with Crippen LogP contribution in [0.4, 0.5) is 0 Å². The molecule has 0 amide bonds. The summed E-state index contributed by atoms with van der Waals surface area (Å²) in [7, 11) is -1.87. The summed E-state index contributed by atoms with van der Waals surface area (Å²) in [5.41, 5.74) is 3.43. The van der Waals surface area contributed by atoms with Crippen molar-refractivity contribution < 1.29 is 8.42 Å². The van der Waals surface area contributed by atoms with Gasteiger partial charge in [0.25, 0.3) is 0 Å². The molecule has 1 N–H and O–H groups in total. The van der Waals surface area contributed by atoms with Gasteiger partial charge < -0.3 is 0 Å². The van der Waals surface area contributed by atoms with Gasteiger partial charge >= 0.3 is 0 Å². The average molecular weight is 364 g/mol. The topological polar surface area (TPSA) is 64.0 Å². The number of aryl methyl sites for hydroxylation is 2. The first-order chi connectivity index (χ1) is 11.7. The first-order valence-corrected chi connectivity index (χ1v) is 10.3. The Bertz CT molecular complexity index is 823. The third-order valence-electron chi connectivity index (χ3n) is 4.94. The molecule has 1 aromatic carbocycles. The van der Waals surface area contributed by atoms with Gasteiger partial charge in [0, 0.05) is 13.1 Å². The Labute approximate surface area is 151 Å². The van der Waals surface area contributed by atoms with Crippen LogP contribution in [0.5, 0.6) is 0 Å². The predicted molar refractivity (Wildman–Crippen MR) is 101 cm³/mol. The molecule has 138 valence electrons. The van der Waals surface area contributed by atoms with Gasteiger partial charge in [0.1, 0.15) is 4.90 Å². The standard InChI is InChI=1S/C19H29N3O2S/c1-7-13(3)16-9-11-17(12-10-16)18(8-2)21-25(23,24)19-14(4)20-22(6)15(19)5/h9-13,18,21H,7-8H2,1-6H3. The maximum absolute atomic E-state index is 12.9. The van der Waals surface area contributed by atoms with Crippen LogP contribution in [-0.4, -0.2) is 18.2 Å². The number of nitrogens with one attached hydrogen (secondary N) is 1. The zero-order chi connectivity index (χ0) is 18.8. The molecule has 1 heterocycles. The number of sulfonamides is 1. The lowest BCUT2D eigenvalue weighted by molar-refractivity contribution is 0.548. The smallest absolute Gasteiger partial charge is 0.244 e. The summed E-state index contributed by atoms with van der Waals surface area (Å²) in [6.07, 6.45) is 1.77. The Hall–Kier alpha value is -1.66. The third kappa shape index (κ3) is 4.12. The van der Waals surface area contributed by atoms with Crippen molar-refractivity contribution in [1.29, 1.82) is 0 Å². The maximum Gasteiger partial charge on any atom is 0.244 e. The fraction of sp³-hybridized carbons (Fsp3) is 0.526. The number of benzene rings is 1. The highest BCUT2D eigenvalue weighted by Crippen LogP contribution is 2.26. The summed E-state index contributed by atoms with van der Waals surface area (Å²) in [6.45, 7) is 9.85. The van der Waals surface area contributed by atoms with Crippen molar-refractivity contribution in [1.82, 2.24) is 14.5 Å². The summed E-state index contributed by atoms with van der Waals surface area (Å²) in [5.74, 6) is 0.506. The monoisotopic (exact) mass is 363 g/mol. The molecule has 0 aliphatic carbocycles. The van der Waals surface area contributed by atoms with E-state index in [0.29, 0.717) is 23.7 Å². The lowest BCUT2D eigenvalue weighted by atomic mass is 9.96. The van der Waals surface area contributed by atoms with Crippen molar-refractivity contribution in [3.63, 3.8) is 0 Å². The van der Waals surface area contributed by atoms with Crippen LogP contribution in [-0.2, 0) is 17.1 Å². The van der Waals surface area contributed by atoms with Crippen LogP contribution >= 0.6 is 0 Å². The number of hydrogen-bond acceptors (Lipinski definition) is 3. The largest absolute Gasteiger partial charge is 0.271 e. The van der Waals surface area contributed by atoms with Gasteiger partial charge in [-0.05, 0) is 43.7 Å². The molecule has 0 saturated carbocycles. The Morgan fingerprint density at radius 1 is 1.08 bits per heavy atom. The zero-order valence-corrected chi connectivity index (χ0v) is 16.8. The lowest BCUT2D eigenvalue weighted by Gasteiger charge is -2.19. The number of rotatable bonds is 7. The van der Waals surface area contributed by atoms with Crippen molar-refractivity contribution in [2.75, 3.05) is 0 Å². The Morgan fingerprint density at radius 2 is 1.64 bits per heavy atom. The molecule has 0 fully saturated rings. The summed E-state index contributed by atoms with van der Waals surface area (Å²) in [5, 5.41) is 4.22. The van der Waals surface area contributed by atoms with Crippen molar-refractivity contribution in [3.8, 4) is 0 Å². The highest BCUT2D eigenvalue weighted by atomic mass is 32.2. The summed E-state index contributed by atoms with van der Waals surface area (Å²) in [6, 6.07) is 8.00. The molecule has 2 unspecified atom stereocenters. The first kappa shape index (κ1) is 19.7. The second-order valence-electron chi connectivity index (χ2n) is 6.68. The highest BCUT2D eigenvalue weighted by Gasteiger charge is 2.26. The van der Waals surface area contributed by atoms with Crippen LogP contribution in [0.3, 0.4) is 0 Å². The molecule has 0 spiro atoms. The van der Waals surface area contributed by atoms with Crippen molar-refractivity contribution in [2.24, 2.45) is 7.05 Å². The highest BCUT2D eigenvalue weighted by molar-refractivity contribution is 7.89. The van der Waals surface area contributed by atoms with Crippen LogP contribution in [0, 0.1) is 13.8 Å². The van der Waals surface area contributed by atoms with E-state index >= 15 is 0 Å². The minimum atomic E-state index is -3.62. The molecule has 2 aromatic rings. The van der Waals surface area contributed by atoms with E-state index in [1.54, 1.807) is 25.6 Å². The van der Waals surface area contributed by atoms with E-state index in [-0.39, 0.29) is 10.9 Å². The molecular weight excluding hydrogens is 334 g/mol.